The second-order valence-electron chi connectivity index (χ2n) is 7.92. The van der Waals surface area contributed by atoms with Crippen LogP contribution in [0.15, 0.2) is 39.9 Å². The molecule has 0 amide bonds. The molecule has 6 heteroatoms. The van der Waals surface area contributed by atoms with Gasteiger partial charge in [0.25, 0.3) is 0 Å². The molecule has 2 aromatic rings. The second kappa shape index (κ2) is 9.55. The van der Waals surface area contributed by atoms with Gasteiger partial charge < -0.3 is 20.0 Å². The van der Waals surface area contributed by atoms with Gasteiger partial charge in [0.2, 0.25) is 5.89 Å². The highest BCUT2D eigenvalue weighted by Crippen LogP contribution is 2.22. The van der Waals surface area contributed by atoms with Crippen molar-refractivity contribution in [3.8, 4) is 0 Å². The number of hydrogen-bond donors (Lipinski definition) is 2. The Kier molecular flexibility index (Phi) is 7.42. The van der Waals surface area contributed by atoms with Gasteiger partial charge >= 0.3 is 0 Å². The van der Waals surface area contributed by atoms with Crippen molar-refractivity contribution in [1.82, 2.24) is 20.5 Å². The zero-order valence-electron chi connectivity index (χ0n) is 17.5. The molecule has 0 radical (unpaired) electrons. The third-order valence-electron chi connectivity index (χ3n) is 4.06. The van der Waals surface area contributed by atoms with E-state index >= 15 is 0 Å². The molecule has 0 spiro atoms. The molecule has 1 aromatic heterocycles. The van der Waals surface area contributed by atoms with E-state index in [2.05, 4.69) is 86.6 Å². The van der Waals surface area contributed by atoms with Crippen LogP contribution >= 0.6 is 0 Å². The lowest BCUT2D eigenvalue weighted by Crippen LogP contribution is -2.36. The quantitative estimate of drug-likeness (QED) is 0.577. The van der Waals surface area contributed by atoms with E-state index in [1.807, 2.05) is 0 Å². The number of hydrogen-bond acceptors (Lipinski definition) is 4. The van der Waals surface area contributed by atoms with E-state index in [1.54, 1.807) is 6.20 Å². The largest absolute Gasteiger partial charge is 0.443 e. The van der Waals surface area contributed by atoms with Crippen molar-refractivity contribution >= 4 is 5.96 Å². The van der Waals surface area contributed by atoms with Crippen molar-refractivity contribution in [2.24, 2.45) is 4.99 Å². The molecule has 0 saturated carbocycles. The van der Waals surface area contributed by atoms with Gasteiger partial charge in [-0.3, -0.25) is 0 Å². The summed E-state index contributed by atoms with van der Waals surface area (Å²) in [5.41, 5.74) is 2.49. The van der Waals surface area contributed by atoms with Gasteiger partial charge in [-0.2, -0.15) is 0 Å². The average Bonchev–Trinajstić information content (AvgIpc) is 3.07. The van der Waals surface area contributed by atoms with Gasteiger partial charge in [0.05, 0.1) is 19.3 Å². The SMILES string of the molecule is CCNC(=NCc1ccccc1CN(C)C)NCc1ncc(C(C)(C)C)o1. The normalized spacial score (nSPS) is 12.5. The fourth-order valence-corrected chi connectivity index (χ4v) is 2.61. The molecular weight excluding hydrogens is 338 g/mol. The second-order valence-corrected chi connectivity index (χ2v) is 7.92. The molecule has 1 aromatic carbocycles. The molecule has 0 saturated heterocycles. The van der Waals surface area contributed by atoms with Crippen molar-refractivity contribution in [3.63, 3.8) is 0 Å². The molecule has 0 aliphatic heterocycles. The third kappa shape index (κ3) is 6.71. The molecule has 148 valence electrons. The van der Waals surface area contributed by atoms with Crippen molar-refractivity contribution in [3.05, 3.63) is 53.2 Å². The lowest BCUT2D eigenvalue weighted by Gasteiger charge is -2.14. The summed E-state index contributed by atoms with van der Waals surface area (Å²) in [5, 5.41) is 6.58. The van der Waals surface area contributed by atoms with Crippen LogP contribution in [0.5, 0.6) is 0 Å². The molecule has 6 nitrogen and oxygen atoms in total. The number of aromatic nitrogens is 1. The van der Waals surface area contributed by atoms with Crippen LogP contribution in [0, 0.1) is 0 Å². The summed E-state index contributed by atoms with van der Waals surface area (Å²) in [4.78, 5) is 11.3. The van der Waals surface area contributed by atoms with E-state index < -0.39 is 0 Å². The number of aliphatic imine (C=N–C) groups is 1. The van der Waals surface area contributed by atoms with Crippen LogP contribution in [0.25, 0.3) is 0 Å². The first-order valence-corrected chi connectivity index (χ1v) is 9.48. The van der Waals surface area contributed by atoms with Crippen molar-refractivity contribution in [1.29, 1.82) is 0 Å². The zero-order valence-corrected chi connectivity index (χ0v) is 17.5. The topological polar surface area (TPSA) is 65.7 Å². The number of guanidine groups is 1. The molecule has 0 atom stereocenters. The molecule has 1 heterocycles. The van der Waals surface area contributed by atoms with Gasteiger partial charge in [-0.25, -0.2) is 9.98 Å². The summed E-state index contributed by atoms with van der Waals surface area (Å²) < 4.78 is 5.84. The van der Waals surface area contributed by atoms with Crippen molar-refractivity contribution in [2.75, 3.05) is 20.6 Å². The van der Waals surface area contributed by atoms with E-state index in [-0.39, 0.29) is 5.41 Å². The average molecular weight is 372 g/mol. The van der Waals surface area contributed by atoms with Crippen LogP contribution < -0.4 is 10.6 Å². The minimum absolute atomic E-state index is 0.0417. The van der Waals surface area contributed by atoms with Gasteiger partial charge in [0, 0.05) is 18.5 Å². The van der Waals surface area contributed by atoms with Gasteiger partial charge in [-0.1, -0.05) is 45.0 Å². The highest BCUT2D eigenvalue weighted by atomic mass is 16.4. The molecular formula is C21H33N5O. The molecule has 0 aliphatic rings. The molecule has 0 aliphatic carbocycles. The Labute approximate surface area is 163 Å². The molecule has 0 bridgehead atoms. The highest BCUT2D eigenvalue weighted by molar-refractivity contribution is 5.79. The Morgan fingerprint density at radius 1 is 1.15 bits per heavy atom. The van der Waals surface area contributed by atoms with Crippen LogP contribution in [0.3, 0.4) is 0 Å². The van der Waals surface area contributed by atoms with Crippen LogP contribution in [-0.4, -0.2) is 36.5 Å². The van der Waals surface area contributed by atoms with E-state index in [0.29, 0.717) is 19.0 Å². The van der Waals surface area contributed by atoms with Crippen LogP contribution in [0.1, 0.15) is 50.5 Å². The summed E-state index contributed by atoms with van der Waals surface area (Å²) in [6.07, 6.45) is 1.80. The van der Waals surface area contributed by atoms with Crippen LogP contribution in [0.2, 0.25) is 0 Å². The molecule has 0 fully saturated rings. The Bertz CT molecular complexity index is 743. The van der Waals surface area contributed by atoms with Gasteiger partial charge in [-0.15, -0.1) is 0 Å². The summed E-state index contributed by atoms with van der Waals surface area (Å²) in [6, 6.07) is 8.43. The number of oxazole rings is 1. The highest BCUT2D eigenvalue weighted by Gasteiger charge is 2.19. The molecule has 27 heavy (non-hydrogen) atoms. The Balaban J connectivity index is 2.03. The number of rotatable bonds is 7. The first-order valence-electron chi connectivity index (χ1n) is 9.48. The maximum Gasteiger partial charge on any atom is 0.213 e. The smallest absolute Gasteiger partial charge is 0.213 e. The van der Waals surface area contributed by atoms with E-state index in [9.17, 15) is 0 Å². The summed E-state index contributed by atoms with van der Waals surface area (Å²) >= 11 is 0. The Morgan fingerprint density at radius 2 is 1.85 bits per heavy atom. The van der Waals surface area contributed by atoms with Gasteiger partial charge in [-0.05, 0) is 32.1 Å². The number of nitrogens with zero attached hydrogens (tertiary/aromatic N) is 3. The van der Waals surface area contributed by atoms with E-state index in [0.717, 1.165) is 24.8 Å². The van der Waals surface area contributed by atoms with Crippen LogP contribution in [0.4, 0.5) is 0 Å². The fourth-order valence-electron chi connectivity index (χ4n) is 2.61. The first kappa shape index (κ1) is 21.0. The maximum atomic E-state index is 5.84. The van der Waals surface area contributed by atoms with Crippen LogP contribution in [-0.2, 0) is 25.0 Å². The minimum atomic E-state index is -0.0417. The lowest BCUT2D eigenvalue weighted by atomic mass is 9.94. The minimum Gasteiger partial charge on any atom is -0.443 e. The predicted molar refractivity (Wildman–Crippen MR) is 111 cm³/mol. The summed E-state index contributed by atoms with van der Waals surface area (Å²) in [6.45, 7) is 11.2. The fraction of sp³-hybridized carbons (Fsp3) is 0.524. The summed E-state index contributed by atoms with van der Waals surface area (Å²) in [7, 11) is 4.15. The zero-order chi connectivity index (χ0) is 19.9. The van der Waals surface area contributed by atoms with Gasteiger partial charge in [0.15, 0.2) is 5.96 Å². The van der Waals surface area contributed by atoms with E-state index in [1.165, 1.54) is 11.1 Å². The maximum absolute atomic E-state index is 5.84. The summed E-state index contributed by atoms with van der Waals surface area (Å²) in [5.74, 6) is 2.31. The lowest BCUT2D eigenvalue weighted by molar-refractivity contribution is 0.379. The van der Waals surface area contributed by atoms with E-state index in [4.69, 9.17) is 9.41 Å². The molecule has 2 rings (SSSR count). The monoisotopic (exact) mass is 371 g/mol. The Morgan fingerprint density at radius 3 is 2.44 bits per heavy atom. The first-order chi connectivity index (χ1) is 12.8. The number of benzene rings is 1. The molecule has 0 unspecified atom stereocenters. The van der Waals surface area contributed by atoms with Gasteiger partial charge in [0.1, 0.15) is 5.76 Å². The predicted octanol–water partition coefficient (Wildman–Crippen LogP) is 3.29. The Hall–Kier alpha value is -2.34. The van der Waals surface area contributed by atoms with Crippen molar-refractivity contribution < 1.29 is 4.42 Å². The molecule has 2 N–H and O–H groups in total. The third-order valence-corrected chi connectivity index (χ3v) is 4.06. The number of nitrogens with one attached hydrogen (secondary N) is 2. The van der Waals surface area contributed by atoms with Crippen molar-refractivity contribution in [2.45, 2.75) is 52.7 Å². The standard InChI is InChI=1S/C21H33N5O/c1-7-22-20(25-14-19-23-13-18(27-19)21(2,3)4)24-12-16-10-8-9-11-17(16)15-26(5)6/h8-11,13H,7,12,14-15H2,1-6H3,(H2,22,24,25).